The van der Waals surface area contributed by atoms with E-state index in [4.69, 9.17) is 4.74 Å². The van der Waals surface area contributed by atoms with Crippen molar-refractivity contribution in [2.75, 3.05) is 19.0 Å². The van der Waals surface area contributed by atoms with E-state index in [1.54, 1.807) is 26.0 Å². The average molecular weight is 382 g/mol. The minimum Gasteiger partial charge on any atom is -0.495 e. The van der Waals surface area contributed by atoms with E-state index in [0.717, 1.165) is 12.8 Å². The van der Waals surface area contributed by atoms with Crippen molar-refractivity contribution in [2.24, 2.45) is 0 Å². The Kier molecular flexibility index (Phi) is 6.96. The Bertz CT molecular complexity index is 768. The molecule has 0 unspecified atom stereocenters. The summed E-state index contributed by atoms with van der Waals surface area (Å²) in [5.74, 6) is -1.52. The van der Waals surface area contributed by atoms with Gasteiger partial charge in [0.25, 0.3) is 0 Å². The second kappa shape index (κ2) is 8.99. The Balaban J connectivity index is 2.54. The quantitative estimate of drug-likeness (QED) is 0.432. The molecule has 1 saturated carbocycles. The standard InChI is InChI=1S/C20H25F3N2O2/c1-4-17(27-3)19(25-20(7-8-20)9-10-26)18(15(23)12-21)24-16-6-5-13(2)11-14(16)22/h4-6,11-12,24-26H,7-10H2,1-3H3/b15-12-,17-4+,19-18-. The zero-order valence-electron chi connectivity index (χ0n) is 15.7. The van der Waals surface area contributed by atoms with Crippen LogP contribution in [-0.2, 0) is 4.74 Å². The maximum absolute atomic E-state index is 14.4. The molecule has 0 heterocycles. The third-order valence-corrected chi connectivity index (χ3v) is 4.53. The first-order chi connectivity index (χ1) is 12.9. The van der Waals surface area contributed by atoms with Gasteiger partial charge in [-0.15, -0.1) is 0 Å². The summed E-state index contributed by atoms with van der Waals surface area (Å²) in [7, 11) is 1.41. The number of ether oxygens (including phenoxy) is 1. The summed E-state index contributed by atoms with van der Waals surface area (Å²) in [6, 6.07) is 4.41. The van der Waals surface area contributed by atoms with Crippen LogP contribution in [0.3, 0.4) is 0 Å². The first kappa shape index (κ1) is 20.9. The number of nitrogens with one attached hydrogen (secondary N) is 2. The Morgan fingerprint density at radius 3 is 2.52 bits per heavy atom. The van der Waals surface area contributed by atoms with E-state index in [9.17, 15) is 18.3 Å². The molecule has 4 nitrogen and oxygen atoms in total. The Hall–Kier alpha value is -2.41. The molecule has 2 rings (SSSR count). The van der Waals surface area contributed by atoms with Crippen LogP contribution >= 0.6 is 0 Å². The van der Waals surface area contributed by atoms with Crippen molar-refractivity contribution in [2.45, 2.75) is 38.6 Å². The highest BCUT2D eigenvalue weighted by Gasteiger charge is 2.43. The lowest BCUT2D eigenvalue weighted by Crippen LogP contribution is -2.34. The van der Waals surface area contributed by atoms with Crippen LogP contribution in [0.5, 0.6) is 0 Å². The monoisotopic (exact) mass is 382 g/mol. The highest BCUT2D eigenvalue weighted by molar-refractivity contribution is 5.57. The number of methoxy groups -OCH3 is 1. The molecule has 0 aliphatic heterocycles. The van der Waals surface area contributed by atoms with Gasteiger partial charge in [-0.3, -0.25) is 0 Å². The predicted molar refractivity (Wildman–Crippen MR) is 99.7 cm³/mol. The van der Waals surface area contributed by atoms with Crippen molar-refractivity contribution < 1.29 is 23.0 Å². The fourth-order valence-electron chi connectivity index (χ4n) is 2.83. The lowest BCUT2D eigenvalue weighted by atomic mass is 10.1. The van der Waals surface area contributed by atoms with Gasteiger partial charge in [-0.05, 0) is 56.9 Å². The highest BCUT2D eigenvalue weighted by Crippen LogP contribution is 2.41. The van der Waals surface area contributed by atoms with Crippen LogP contribution in [0.1, 0.15) is 31.7 Å². The van der Waals surface area contributed by atoms with E-state index in [-0.39, 0.29) is 35.8 Å². The molecule has 1 aliphatic rings. The molecule has 0 atom stereocenters. The number of hydrogen-bond acceptors (Lipinski definition) is 4. The molecule has 7 heteroatoms. The molecule has 0 spiro atoms. The van der Waals surface area contributed by atoms with Gasteiger partial charge in [0.1, 0.15) is 29.3 Å². The van der Waals surface area contributed by atoms with E-state index in [1.807, 2.05) is 0 Å². The van der Waals surface area contributed by atoms with Gasteiger partial charge in [-0.2, -0.15) is 0 Å². The molecule has 1 aliphatic carbocycles. The SMILES string of the molecule is C\C=C(OC)/C(NC1(CCO)CC1)=C(Nc1ccc(C)cc1F)\C(F)=C\F. The lowest BCUT2D eigenvalue weighted by Gasteiger charge is -2.25. The van der Waals surface area contributed by atoms with Crippen molar-refractivity contribution in [3.05, 3.63) is 65.0 Å². The normalized spacial score (nSPS) is 17.3. The van der Waals surface area contributed by atoms with Gasteiger partial charge in [0, 0.05) is 12.1 Å². The van der Waals surface area contributed by atoms with E-state index in [2.05, 4.69) is 10.6 Å². The van der Waals surface area contributed by atoms with Crippen molar-refractivity contribution in [1.29, 1.82) is 0 Å². The number of benzene rings is 1. The number of aliphatic hydroxyl groups excluding tert-OH is 1. The second-order valence-electron chi connectivity index (χ2n) is 6.55. The summed E-state index contributed by atoms with van der Waals surface area (Å²) in [4.78, 5) is 0. The number of hydrogen-bond donors (Lipinski definition) is 3. The molecule has 1 aromatic carbocycles. The maximum atomic E-state index is 14.4. The molecule has 0 aromatic heterocycles. The van der Waals surface area contributed by atoms with E-state index in [0.29, 0.717) is 12.0 Å². The first-order valence-corrected chi connectivity index (χ1v) is 8.73. The molecule has 3 N–H and O–H groups in total. The van der Waals surface area contributed by atoms with Crippen molar-refractivity contribution in [1.82, 2.24) is 5.32 Å². The van der Waals surface area contributed by atoms with Crippen LogP contribution in [0.4, 0.5) is 18.9 Å². The topological polar surface area (TPSA) is 53.5 Å². The van der Waals surface area contributed by atoms with Crippen LogP contribution in [0, 0.1) is 12.7 Å². The van der Waals surface area contributed by atoms with Gasteiger partial charge < -0.3 is 20.5 Å². The van der Waals surface area contributed by atoms with Crippen LogP contribution in [0.2, 0.25) is 0 Å². The van der Waals surface area contributed by atoms with Crippen LogP contribution in [-0.4, -0.2) is 24.4 Å². The lowest BCUT2D eigenvalue weighted by molar-refractivity contribution is 0.255. The fourth-order valence-corrected chi connectivity index (χ4v) is 2.83. The van der Waals surface area contributed by atoms with Crippen molar-refractivity contribution in [3.63, 3.8) is 0 Å². The van der Waals surface area contributed by atoms with E-state index in [1.165, 1.54) is 19.2 Å². The van der Waals surface area contributed by atoms with Gasteiger partial charge in [0.2, 0.25) is 0 Å². The van der Waals surface area contributed by atoms with E-state index >= 15 is 0 Å². The third-order valence-electron chi connectivity index (χ3n) is 4.53. The highest BCUT2D eigenvalue weighted by atomic mass is 19.2. The Morgan fingerprint density at radius 2 is 2.04 bits per heavy atom. The molecule has 1 fully saturated rings. The summed E-state index contributed by atoms with van der Waals surface area (Å²) >= 11 is 0. The molecule has 0 saturated heterocycles. The van der Waals surface area contributed by atoms with Gasteiger partial charge in [0.15, 0.2) is 5.83 Å². The van der Waals surface area contributed by atoms with Crippen LogP contribution in [0.25, 0.3) is 0 Å². The zero-order chi connectivity index (χ0) is 20.0. The number of aryl methyl sites for hydroxylation is 1. The maximum Gasteiger partial charge on any atom is 0.177 e. The minimum atomic E-state index is -1.20. The largest absolute Gasteiger partial charge is 0.495 e. The molecule has 0 bridgehead atoms. The third kappa shape index (κ3) is 5.07. The zero-order valence-corrected chi connectivity index (χ0v) is 15.7. The van der Waals surface area contributed by atoms with Gasteiger partial charge >= 0.3 is 0 Å². The molecular formula is C20H25F3N2O2. The summed E-state index contributed by atoms with van der Waals surface area (Å²) in [5, 5.41) is 15.1. The minimum absolute atomic E-state index is 0.00506. The average Bonchev–Trinajstić information content (AvgIpc) is 3.40. The van der Waals surface area contributed by atoms with Crippen LogP contribution < -0.4 is 10.6 Å². The van der Waals surface area contributed by atoms with Crippen molar-refractivity contribution in [3.8, 4) is 0 Å². The molecule has 1 aromatic rings. The summed E-state index contributed by atoms with van der Waals surface area (Å²) < 4.78 is 47.1. The smallest absolute Gasteiger partial charge is 0.177 e. The fraction of sp³-hybridized carbons (Fsp3) is 0.400. The predicted octanol–water partition coefficient (Wildman–Crippen LogP) is 4.59. The number of rotatable bonds is 9. The first-order valence-electron chi connectivity index (χ1n) is 8.73. The van der Waals surface area contributed by atoms with Crippen molar-refractivity contribution >= 4 is 5.69 Å². The molecule has 27 heavy (non-hydrogen) atoms. The molecular weight excluding hydrogens is 357 g/mol. The number of halogens is 3. The summed E-state index contributed by atoms with van der Waals surface area (Å²) in [6.45, 7) is 3.37. The van der Waals surface area contributed by atoms with E-state index < -0.39 is 17.2 Å². The second-order valence-corrected chi connectivity index (χ2v) is 6.55. The van der Waals surface area contributed by atoms with Gasteiger partial charge in [-0.1, -0.05) is 6.07 Å². The molecule has 0 amide bonds. The Labute approximate surface area is 157 Å². The summed E-state index contributed by atoms with van der Waals surface area (Å²) in [6.07, 6.45) is 3.39. The number of allylic oxidation sites excluding steroid dienone is 2. The van der Waals surface area contributed by atoms with Gasteiger partial charge in [-0.25, -0.2) is 13.2 Å². The Morgan fingerprint density at radius 1 is 1.33 bits per heavy atom. The summed E-state index contributed by atoms with van der Waals surface area (Å²) in [5.41, 5.74) is 0.170. The number of aliphatic hydroxyl groups is 1. The molecule has 148 valence electrons. The molecule has 0 radical (unpaired) electrons. The van der Waals surface area contributed by atoms with Crippen LogP contribution in [0.15, 0.2) is 53.6 Å². The van der Waals surface area contributed by atoms with Gasteiger partial charge in [0.05, 0.1) is 12.8 Å². The number of anilines is 1.